The van der Waals surface area contributed by atoms with Crippen molar-refractivity contribution in [2.24, 2.45) is 5.92 Å². The number of fused-ring (bicyclic) bond motifs is 4. The van der Waals surface area contributed by atoms with E-state index in [1.807, 2.05) is 6.07 Å². The maximum Gasteiger partial charge on any atom is 0.306 e. The summed E-state index contributed by atoms with van der Waals surface area (Å²) in [5.74, 6) is 0.846. The van der Waals surface area contributed by atoms with Gasteiger partial charge in [0.15, 0.2) is 0 Å². The molecular weight excluding hydrogens is 284 g/mol. The average Bonchev–Trinajstić information content (AvgIpc) is 2.82. The van der Waals surface area contributed by atoms with Gasteiger partial charge in [-0.1, -0.05) is 60.7 Å². The van der Waals surface area contributed by atoms with Crippen LogP contribution in [0.2, 0.25) is 0 Å². The lowest BCUT2D eigenvalue weighted by Crippen LogP contribution is -2.40. The fraction of sp³-hybridized carbons (Fsp3) is 0.381. The zero-order valence-electron chi connectivity index (χ0n) is 13.3. The number of carbonyl (C=O) groups is 1. The van der Waals surface area contributed by atoms with Gasteiger partial charge in [-0.25, -0.2) is 0 Å². The van der Waals surface area contributed by atoms with Gasteiger partial charge in [0.2, 0.25) is 0 Å². The van der Waals surface area contributed by atoms with Crippen molar-refractivity contribution in [2.45, 2.75) is 43.6 Å². The second-order valence-electron chi connectivity index (χ2n) is 7.04. The Bertz CT molecular complexity index is 680. The van der Waals surface area contributed by atoms with Crippen molar-refractivity contribution in [1.82, 2.24) is 0 Å². The van der Waals surface area contributed by atoms with Crippen molar-refractivity contribution in [2.75, 3.05) is 0 Å². The number of hydrogen-bond donors (Lipinski definition) is 0. The van der Waals surface area contributed by atoms with Crippen molar-refractivity contribution >= 4 is 5.97 Å². The molecule has 2 aliphatic heterocycles. The van der Waals surface area contributed by atoms with Crippen LogP contribution in [0.25, 0.3) is 0 Å². The van der Waals surface area contributed by atoms with E-state index in [0.717, 1.165) is 25.7 Å². The fourth-order valence-electron chi connectivity index (χ4n) is 4.41. The van der Waals surface area contributed by atoms with Gasteiger partial charge < -0.3 is 4.74 Å². The quantitative estimate of drug-likeness (QED) is 0.781. The van der Waals surface area contributed by atoms with Gasteiger partial charge in [0, 0.05) is 12.8 Å². The molecule has 0 radical (unpaired) electrons. The Morgan fingerprint density at radius 1 is 1.00 bits per heavy atom. The fourth-order valence-corrected chi connectivity index (χ4v) is 4.41. The van der Waals surface area contributed by atoms with Crippen molar-refractivity contribution in [3.8, 4) is 0 Å². The third-order valence-corrected chi connectivity index (χ3v) is 5.49. The van der Waals surface area contributed by atoms with Gasteiger partial charge in [0.1, 0.15) is 5.60 Å². The highest BCUT2D eigenvalue weighted by atomic mass is 16.6. The summed E-state index contributed by atoms with van der Waals surface area (Å²) in [4.78, 5) is 12.3. The molecule has 118 valence electrons. The molecule has 0 N–H and O–H groups in total. The Morgan fingerprint density at radius 2 is 1.70 bits per heavy atom. The minimum atomic E-state index is -0.327. The molecule has 2 nitrogen and oxygen atoms in total. The Kier molecular flexibility index (Phi) is 3.68. The minimum absolute atomic E-state index is 0.0122. The van der Waals surface area contributed by atoms with E-state index < -0.39 is 0 Å². The first kappa shape index (κ1) is 14.5. The van der Waals surface area contributed by atoms with E-state index in [1.165, 1.54) is 11.1 Å². The van der Waals surface area contributed by atoms with Crippen LogP contribution in [0, 0.1) is 5.92 Å². The average molecular weight is 306 g/mol. The van der Waals surface area contributed by atoms with E-state index in [4.69, 9.17) is 4.74 Å². The Labute approximate surface area is 137 Å². The Hall–Kier alpha value is -2.09. The van der Waals surface area contributed by atoms with Crippen molar-refractivity contribution < 1.29 is 9.53 Å². The zero-order valence-corrected chi connectivity index (χ0v) is 13.3. The van der Waals surface area contributed by atoms with Crippen molar-refractivity contribution in [1.29, 1.82) is 0 Å². The lowest BCUT2D eigenvalue weighted by atomic mass is 9.67. The third-order valence-electron chi connectivity index (χ3n) is 5.49. The van der Waals surface area contributed by atoms with Crippen LogP contribution in [0.4, 0.5) is 0 Å². The van der Waals surface area contributed by atoms with Gasteiger partial charge in [-0.2, -0.15) is 0 Å². The van der Waals surface area contributed by atoms with E-state index in [-0.39, 0.29) is 11.6 Å². The number of rotatable bonds is 3. The number of ether oxygens (including phenoxy) is 1. The lowest BCUT2D eigenvalue weighted by Gasteiger charge is -2.40. The van der Waals surface area contributed by atoms with Gasteiger partial charge in [0.25, 0.3) is 0 Å². The number of benzene rings is 2. The smallest absolute Gasteiger partial charge is 0.306 e. The molecule has 2 heteroatoms. The summed E-state index contributed by atoms with van der Waals surface area (Å²) in [6.45, 7) is 0. The highest BCUT2D eigenvalue weighted by molar-refractivity contribution is 5.71. The van der Waals surface area contributed by atoms with Crippen LogP contribution >= 0.6 is 0 Å². The summed E-state index contributed by atoms with van der Waals surface area (Å²) in [7, 11) is 0. The van der Waals surface area contributed by atoms with Crippen molar-refractivity contribution in [3.63, 3.8) is 0 Å². The summed E-state index contributed by atoms with van der Waals surface area (Å²) in [6, 6.07) is 21.1. The molecule has 1 aliphatic carbocycles. The molecule has 1 saturated carbocycles. The summed E-state index contributed by atoms with van der Waals surface area (Å²) in [6.07, 6.45) is 4.41. The summed E-state index contributed by atoms with van der Waals surface area (Å²) < 4.78 is 6.01. The van der Waals surface area contributed by atoms with E-state index in [1.54, 1.807) is 0 Å². The van der Waals surface area contributed by atoms with Gasteiger partial charge in [-0.15, -0.1) is 0 Å². The molecule has 2 aromatic rings. The molecule has 5 rings (SSSR count). The minimum Gasteiger partial charge on any atom is -0.459 e. The monoisotopic (exact) mass is 306 g/mol. The first-order valence-electron chi connectivity index (χ1n) is 8.55. The van der Waals surface area contributed by atoms with Crippen LogP contribution in [0.5, 0.6) is 0 Å². The molecule has 3 fully saturated rings. The molecule has 2 heterocycles. The van der Waals surface area contributed by atoms with Crippen LogP contribution in [0.3, 0.4) is 0 Å². The van der Waals surface area contributed by atoms with E-state index in [0.29, 0.717) is 18.3 Å². The topological polar surface area (TPSA) is 26.3 Å². The van der Waals surface area contributed by atoms with E-state index >= 15 is 0 Å². The summed E-state index contributed by atoms with van der Waals surface area (Å²) >= 11 is 0. The second-order valence-corrected chi connectivity index (χ2v) is 7.04. The Morgan fingerprint density at radius 3 is 2.43 bits per heavy atom. The largest absolute Gasteiger partial charge is 0.459 e. The van der Waals surface area contributed by atoms with Crippen LogP contribution in [0.1, 0.15) is 42.7 Å². The van der Waals surface area contributed by atoms with E-state index in [2.05, 4.69) is 54.6 Å². The van der Waals surface area contributed by atoms with Crippen LogP contribution in [-0.4, -0.2) is 11.6 Å². The predicted molar refractivity (Wildman–Crippen MR) is 90.1 cm³/mol. The second kappa shape index (κ2) is 5.84. The number of hydrogen-bond acceptors (Lipinski definition) is 2. The van der Waals surface area contributed by atoms with Crippen LogP contribution in [-0.2, 0) is 16.0 Å². The number of carbonyl (C=O) groups excluding carboxylic acids is 1. The maximum absolute atomic E-state index is 12.3. The highest BCUT2D eigenvalue weighted by Gasteiger charge is 2.48. The van der Waals surface area contributed by atoms with Crippen molar-refractivity contribution in [3.05, 3.63) is 71.8 Å². The molecule has 0 aromatic heterocycles. The van der Waals surface area contributed by atoms with Crippen LogP contribution in [0.15, 0.2) is 60.7 Å². The van der Waals surface area contributed by atoms with Gasteiger partial charge in [-0.05, 0) is 42.2 Å². The molecule has 0 spiro atoms. The maximum atomic E-state index is 12.3. The van der Waals surface area contributed by atoms with Gasteiger partial charge in [0.05, 0.1) is 0 Å². The molecule has 23 heavy (non-hydrogen) atoms. The summed E-state index contributed by atoms with van der Waals surface area (Å²) in [5, 5.41) is 0. The molecule has 2 aromatic carbocycles. The molecule has 2 bridgehead atoms. The molecule has 0 amide bonds. The lowest BCUT2D eigenvalue weighted by molar-refractivity contribution is -0.158. The molecule has 3 atom stereocenters. The summed E-state index contributed by atoms with van der Waals surface area (Å²) in [5.41, 5.74) is 2.28. The zero-order chi connectivity index (χ0) is 15.7. The van der Waals surface area contributed by atoms with E-state index in [9.17, 15) is 4.79 Å². The molecule has 2 saturated heterocycles. The number of esters is 1. The predicted octanol–water partition coefficient (Wildman–Crippen LogP) is 4.50. The SMILES string of the molecule is O=C1C[C@H]2CC[C@](Cc3ccccc3)(C[C@H]2c2ccccc2)O1. The van der Waals surface area contributed by atoms with Gasteiger partial charge in [-0.3, -0.25) is 4.79 Å². The molecule has 3 aliphatic rings. The molecule has 0 unspecified atom stereocenters. The van der Waals surface area contributed by atoms with Gasteiger partial charge >= 0.3 is 5.97 Å². The molecular formula is C21H22O2. The first-order valence-corrected chi connectivity index (χ1v) is 8.55. The first-order chi connectivity index (χ1) is 11.2. The third kappa shape index (κ3) is 2.90. The normalized spacial score (nSPS) is 29.8. The van der Waals surface area contributed by atoms with Crippen LogP contribution < -0.4 is 0 Å². The highest BCUT2D eigenvalue weighted by Crippen LogP contribution is 2.49. The standard InChI is InChI=1S/C21H22O2/c22-20-13-18-11-12-21(23-20,14-16-7-3-1-4-8-16)15-19(18)17-9-5-2-6-10-17/h1-10,18-19H,11-15H2/t18-,19+,21+/m1/s1. The Balaban J connectivity index is 1.67.